The van der Waals surface area contributed by atoms with E-state index in [1.54, 1.807) is 12.4 Å². The minimum absolute atomic E-state index is 0.149. The Kier molecular flexibility index (Phi) is 6.47. The molecule has 0 atom stereocenters. The normalized spacial score (nSPS) is 11.6. The van der Waals surface area contributed by atoms with Gasteiger partial charge in [-0.05, 0) is 37.0 Å². The number of unbranched alkanes of at least 4 members (excludes halogenated alkanes) is 1. The molecule has 0 fully saturated rings. The zero-order valence-corrected chi connectivity index (χ0v) is 11.2. The lowest BCUT2D eigenvalue weighted by Gasteiger charge is -2.06. The van der Waals surface area contributed by atoms with Crippen molar-refractivity contribution in [3.63, 3.8) is 0 Å². The van der Waals surface area contributed by atoms with E-state index in [2.05, 4.69) is 9.71 Å². The molecule has 0 aliphatic carbocycles. The molecule has 1 aromatic heterocycles. The quantitative estimate of drug-likeness (QED) is 0.579. The first-order chi connectivity index (χ1) is 8.14. The van der Waals surface area contributed by atoms with Crippen molar-refractivity contribution >= 4 is 21.6 Å². The molecule has 1 heterocycles. The van der Waals surface area contributed by atoms with Crippen LogP contribution in [0.1, 0.15) is 18.4 Å². The molecule has 6 heteroatoms. The van der Waals surface area contributed by atoms with Crippen LogP contribution in [0.2, 0.25) is 0 Å². The minimum atomic E-state index is -3.15. The summed E-state index contributed by atoms with van der Waals surface area (Å²) in [6.45, 7) is 0.424. The largest absolute Gasteiger partial charge is 0.265 e. The number of pyridine rings is 1. The number of halogens is 1. The van der Waals surface area contributed by atoms with Crippen LogP contribution in [0.4, 0.5) is 0 Å². The average molecular weight is 277 g/mol. The van der Waals surface area contributed by atoms with Crippen LogP contribution < -0.4 is 4.72 Å². The molecule has 17 heavy (non-hydrogen) atoms. The highest BCUT2D eigenvalue weighted by Crippen LogP contribution is 1.99. The molecule has 1 aromatic rings. The third-order valence-electron chi connectivity index (χ3n) is 2.28. The molecule has 0 aliphatic heterocycles. The fourth-order valence-electron chi connectivity index (χ4n) is 1.36. The van der Waals surface area contributed by atoms with Crippen LogP contribution in [0.25, 0.3) is 0 Å². The van der Waals surface area contributed by atoms with E-state index in [0.29, 0.717) is 25.3 Å². The van der Waals surface area contributed by atoms with Crippen molar-refractivity contribution in [1.82, 2.24) is 9.71 Å². The van der Waals surface area contributed by atoms with Gasteiger partial charge >= 0.3 is 0 Å². The number of hydrogen-bond donors (Lipinski definition) is 1. The van der Waals surface area contributed by atoms with E-state index in [9.17, 15) is 8.42 Å². The Balaban J connectivity index is 2.26. The molecule has 0 aromatic carbocycles. The maximum atomic E-state index is 11.5. The van der Waals surface area contributed by atoms with Gasteiger partial charge in [-0.1, -0.05) is 0 Å². The van der Waals surface area contributed by atoms with Crippen molar-refractivity contribution in [1.29, 1.82) is 0 Å². The molecule has 1 rings (SSSR count). The van der Waals surface area contributed by atoms with Crippen LogP contribution in [0.15, 0.2) is 24.5 Å². The summed E-state index contributed by atoms with van der Waals surface area (Å²) in [7, 11) is -3.15. The molecule has 0 saturated heterocycles. The summed E-state index contributed by atoms with van der Waals surface area (Å²) >= 11 is 5.49. The van der Waals surface area contributed by atoms with Gasteiger partial charge in [0.1, 0.15) is 0 Å². The summed E-state index contributed by atoms with van der Waals surface area (Å²) in [5.74, 6) is 0.655. The molecule has 1 N–H and O–H groups in total. The van der Waals surface area contributed by atoms with E-state index in [1.165, 1.54) is 0 Å². The minimum Gasteiger partial charge on any atom is -0.265 e. The van der Waals surface area contributed by atoms with Crippen LogP contribution >= 0.6 is 11.6 Å². The van der Waals surface area contributed by atoms with E-state index >= 15 is 0 Å². The van der Waals surface area contributed by atoms with Gasteiger partial charge in [0.2, 0.25) is 10.0 Å². The first-order valence-electron chi connectivity index (χ1n) is 5.56. The zero-order valence-electron chi connectivity index (χ0n) is 9.60. The second-order valence-corrected chi connectivity index (χ2v) is 6.02. The van der Waals surface area contributed by atoms with Gasteiger partial charge in [-0.25, -0.2) is 13.1 Å². The van der Waals surface area contributed by atoms with Crippen molar-refractivity contribution in [2.24, 2.45) is 0 Å². The molecular weight excluding hydrogens is 260 g/mol. The standard InChI is InChI=1S/C11H17ClN2O2S/c12-6-1-2-10-17(15,16)14-9-5-11-3-7-13-8-4-11/h3-4,7-8,14H,1-2,5-6,9-10H2. The molecule has 0 saturated carbocycles. The van der Waals surface area contributed by atoms with E-state index in [-0.39, 0.29) is 5.75 Å². The van der Waals surface area contributed by atoms with E-state index in [1.807, 2.05) is 12.1 Å². The number of rotatable bonds is 8. The summed E-state index contributed by atoms with van der Waals surface area (Å²) < 4.78 is 25.6. The Morgan fingerprint density at radius 2 is 1.94 bits per heavy atom. The first-order valence-corrected chi connectivity index (χ1v) is 7.75. The van der Waals surface area contributed by atoms with Gasteiger partial charge in [0.15, 0.2) is 0 Å². The predicted molar refractivity (Wildman–Crippen MR) is 69.7 cm³/mol. The zero-order chi connectivity index (χ0) is 12.6. The average Bonchev–Trinajstić information content (AvgIpc) is 2.30. The van der Waals surface area contributed by atoms with Crippen LogP contribution in [-0.4, -0.2) is 31.6 Å². The molecule has 0 aliphatic rings. The smallest absolute Gasteiger partial charge is 0.211 e. The first kappa shape index (κ1) is 14.4. The summed E-state index contributed by atoms with van der Waals surface area (Å²) in [6, 6.07) is 3.75. The number of sulfonamides is 1. The number of nitrogens with one attached hydrogen (secondary N) is 1. The van der Waals surface area contributed by atoms with Crippen LogP contribution in [-0.2, 0) is 16.4 Å². The fraction of sp³-hybridized carbons (Fsp3) is 0.545. The Morgan fingerprint density at radius 3 is 2.59 bits per heavy atom. The Morgan fingerprint density at radius 1 is 1.24 bits per heavy atom. The van der Waals surface area contributed by atoms with Gasteiger partial charge in [0.25, 0.3) is 0 Å². The highest BCUT2D eigenvalue weighted by Gasteiger charge is 2.08. The third kappa shape index (κ3) is 6.61. The SMILES string of the molecule is O=S(=O)(CCCCCl)NCCc1ccncc1. The van der Waals surface area contributed by atoms with Crippen molar-refractivity contribution in [2.45, 2.75) is 19.3 Å². The molecule has 4 nitrogen and oxygen atoms in total. The molecule has 0 bridgehead atoms. The summed E-state index contributed by atoms with van der Waals surface area (Å²) in [5, 5.41) is 0. The summed E-state index contributed by atoms with van der Waals surface area (Å²) in [6.07, 6.45) is 5.41. The van der Waals surface area contributed by atoms with E-state index in [0.717, 1.165) is 12.0 Å². The Bertz CT molecular complexity index is 409. The molecule has 0 radical (unpaired) electrons. The predicted octanol–water partition coefficient (Wildman–Crippen LogP) is 1.56. The number of alkyl halides is 1. The van der Waals surface area contributed by atoms with Crippen LogP contribution in [0, 0.1) is 0 Å². The fourth-order valence-corrected chi connectivity index (χ4v) is 2.69. The number of hydrogen-bond acceptors (Lipinski definition) is 3. The lowest BCUT2D eigenvalue weighted by atomic mass is 10.2. The van der Waals surface area contributed by atoms with Gasteiger partial charge in [0, 0.05) is 24.8 Å². The summed E-state index contributed by atoms with van der Waals surface area (Å²) in [4.78, 5) is 3.90. The third-order valence-corrected chi connectivity index (χ3v) is 4.02. The summed E-state index contributed by atoms with van der Waals surface area (Å²) in [5.41, 5.74) is 1.07. The Hall–Kier alpha value is -0.650. The van der Waals surface area contributed by atoms with Crippen molar-refractivity contribution in [3.05, 3.63) is 30.1 Å². The van der Waals surface area contributed by atoms with Crippen molar-refractivity contribution < 1.29 is 8.42 Å². The maximum absolute atomic E-state index is 11.5. The van der Waals surface area contributed by atoms with Crippen LogP contribution in [0.3, 0.4) is 0 Å². The second kappa shape index (κ2) is 7.63. The topological polar surface area (TPSA) is 59.1 Å². The maximum Gasteiger partial charge on any atom is 0.211 e. The molecule has 96 valence electrons. The number of aromatic nitrogens is 1. The van der Waals surface area contributed by atoms with Gasteiger partial charge in [-0.15, -0.1) is 11.6 Å². The molecule has 0 amide bonds. The van der Waals surface area contributed by atoms with Gasteiger partial charge in [-0.3, -0.25) is 4.98 Å². The van der Waals surface area contributed by atoms with Crippen LogP contribution in [0.5, 0.6) is 0 Å². The second-order valence-electron chi connectivity index (χ2n) is 3.71. The number of nitrogens with zero attached hydrogens (tertiary/aromatic N) is 1. The lowest BCUT2D eigenvalue weighted by Crippen LogP contribution is -2.28. The van der Waals surface area contributed by atoms with Gasteiger partial charge in [0.05, 0.1) is 5.75 Å². The molecular formula is C11H17ClN2O2S. The molecule has 0 spiro atoms. The lowest BCUT2D eigenvalue weighted by molar-refractivity contribution is 0.578. The van der Waals surface area contributed by atoms with Gasteiger partial charge < -0.3 is 0 Å². The van der Waals surface area contributed by atoms with Crippen molar-refractivity contribution in [3.8, 4) is 0 Å². The monoisotopic (exact) mass is 276 g/mol. The Labute approximate surface area is 107 Å². The highest BCUT2D eigenvalue weighted by atomic mass is 35.5. The highest BCUT2D eigenvalue weighted by molar-refractivity contribution is 7.89. The van der Waals surface area contributed by atoms with Crippen molar-refractivity contribution in [2.75, 3.05) is 18.2 Å². The van der Waals surface area contributed by atoms with E-state index < -0.39 is 10.0 Å². The van der Waals surface area contributed by atoms with Gasteiger partial charge in [-0.2, -0.15) is 0 Å². The molecule has 0 unspecified atom stereocenters. The van der Waals surface area contributed by atoms with E-state index in [4.69, 9.17) is 11.6 Å².